The van der Waals surface area contributed by atoms with Gasteiger partial charge in [-0.25, -0.2) is 4.39 Å². The highest BCUT2D eigenvalue weighted by molar-refractivity contribution is 6.31. The number of nitrogens with one attached hydrogen (secondary N) is 1. The number of hydrogen-bond donors (Lipinski definition) is 1. The maximum absolute atomic E-state index is 13.7. The SMILES string of the molecule is CC1(C)C(Nc2noc3cc(Cl)c(F)cc23)C2CCN1CC2. The summed E-state index contributed by atoms with van der Waals surface area (Å²) >= 11 is 5.80. The fourth-order valence-corrected chi connectivity index (χ4v) is 4.22. The molecule has 3 aliphatic heterocycles. The second-order valence-electron chi connectivity index (χ2n) is 6.89. The largest absolute Gasteiger partial charge is 0.362 e. The maximum Gasteiger partial charge on any atom is 0.177 e. The van der Waals surface area contributed by atoms with Crippen LogP contribution in [0.3, 0.4) is 0 Å². The van der Waals surface area contributed by atoms with Crippen molar-refractivity contribution in [2.75, 3.05) is 18.4 Å². The predicted octanol–water partition coefficient (Wildman–Crippen LogP) is 3.91. The molecule has 3 saturated heterocycles. The summed E-state index contributed by atoms with van der Waals surface area (Å²) < 4.78 is 19.0. The summed E-state index contributed by atoms with van der Waals surface area (Å²) in [6.45, 7) is 6.82. The molecule has 0 spiro atoms. The molecule has 118 valence electrons. The first-order valence-corrected chi connectivity index (χ1v) is 8.10. The number of halogens is 2. The summed E-state index contributed by atoms with van der Waals surface area (Å²) in [6.07, 6.45) is 2.38. The van der Waals surface area contributed by atoms with E-state index in [2.05, 4.69) is 29.2 Å². The highest BCUT2D eigenvalue weighted by Crippen LogP contribution is 2.41. The van der Waals surface area contributed by atoms with Crippen molar-refractivity contribution in [3.8, 4) is 0 Å². The molecular formula is C16H19ClFN3O. The fraction of sp³-hybridized carbons (Fsp3) is 0.562. The van der Waals surface area contributed by atoms with E-state index in [1.165, 1.54) is 25.0 Å². The van der Waals surface area contributed by atoms with Gasteiger partial charge in [0.2, 0.25) is 0 Å². The molecule has 1 unspecified atom stereocenters. The normalized spacial score (nSPS) is 29.9. The summed E-state index contributed by atoms with van der Waals surface area (Å²) in [5, 5.41) is 8.31. The van der Waals surface area contributed by atoms with Crippen molar-refractivity contribution in [1.29, 1.82) is 0 Å². The first-order chi connectivity index (χ1) is 10.5. The summed E-state index contributed by atoms with van der Waals surface area (Å²) in [7, 11) is 0. The number of aromatic nitrogens is 1. The lowest BCUT2D eigenvalue weighted by Gasteiger charge is -2.56. The lowest BCUT2D eigenvalue weighted by molar-refractivity contribution is -0.0189. The van der Waals surface area contributed by atoms with Gasteiger partial charge in [-0.1, -0.05) is 16.8 Å². The fourth-order valence-electron chi connectivity index (χ4n) is 4.06. The number of anilines is 1. The van der Waals surface area contributed by atoms with Gasteiger partial charge in [0.1, 0.15) is 5.82 Å². The zero-order valence-corrected chi connectivity index (χ0v) is 13.5. The zero-order chi connectivity index (χ0) is 15.5. The molecule has 1 N–H and O–H groups in total. The molecule has 0 saturated carbocycles. The lowest BCUT2D eigenvalue weighted by Crippen LogP contribution is -2.66. The average molecular weight is 324 g/mol. The van der Waals surface area contributed by atoms with Crippen molar-refractivity contribution in [3.05, 3.63) is 23.0 Å². The van der Waals surface area contributed by atoms with Crippen LogP contribution in [0.2, 0.25) is 5.02 Å². The Morgan fingerprint density at radius 2 is 2.09 bits per heavy atom. The minimum atomic E-state index is -0.450. The zero-order valence-electron chi connectivity index (χ0n) is 12.7. The van der Waals surface area contributed by atoms with Crippen LogP contribution in [0.15, 0.2) is 16.7 Å². The number of nitrogens with zero attached hydrogens (tertiary/aromatic N) is 2. The standard InChI is InChI=1S/C16H19ClFN3O/c1-16(2)14(9-3-5-21(16)6-4-9)19-15-10-7-12(18)11(17)8-13(10)22-20-15/h7-9,14H,3-6H2,1-2H3,(H,19,20). The first kappa shape index (κ1) is 14.3. The van der Waals surface area contributed by atoms with Crippen molar-refractivity contribution < 1.29 is 8.91 Å². The topological polar surface area (TPSA) is 41.3 Å². The molecule has 0 amide bonds. The van der Waals surface area contributed by atoms with Crippen LogP contribution < -0.4 is 5.32 Å². The molecule has 4 heterocycles. The van der Waals surface area contributed by atoms with E-state index in [1.54, 1.807) is 0 Å². The van der Waals surface area contributed by atoms with E-state index in [9.17, 15) is 4.39 Å². The van der Waals surface area contributed by atoms with E-state index in [-0.39, 0.29) is 16.6 Å². The van der Waals surface area contributed by atoms with Crippen molar-refractivity contribution >= 4 is 28.4 Å². The van der Waals surface area contributed by atoms with Crippen LogP contribution in [0.1, 0.15) is 26.7 Å². The van der Waals surface area contributed by atoms with E-state index in [4.69, 9.17) is 16.1 Å². The molecule has 3 aliphatic rings. The van der Waals surface area contributed by atoms with Crippen LogP contribution in [-0.2, 0) is 0 Å². The van der Waals surface area contributed by atoms with E-state index in [1.807, 2.05) is 0 Å². The Bertz CT molecular complexity index is 721. The third-order valence-corrected chi connectivity index (χ3v) is 5.68. The Morgan fingerprint density at radius 3 is 2.77 bits per heavy atom. The third kappa shape index (κ3) is 2.02. The van der Waals surface area contributed by atoms with Gasteiger partial charge in [-0.05, 0) is 51.8 Å². The minimum Gasteiger partial charge on any atom is -0.362 e. The van der Waals surface area contributed by atoms with Gasteiger partial charge in [0, 0.05) is 17.6 Å². The van der Waals surface area contributed by atoms with Crippen LogP contribution in [0.5, 0.6) is 0 Å². The van der Waals surface area contributed by atoms with Crippen molar-refractivity contribution in [2.45, 2.75) is 38.3 Å². The predicted molar refractivity (Wildman–Crippen MR) is 84.8 cm³/mol. The van der Waals surface area contributed by atoms with E-state index in [0.717, 1.165) is 13.1 Å². The number of fused-ring (bicyclic) bond motifs is 4. The molecule has 6 heteroatoms. The van der Waals surface area contributed by atoms with Crippen molar-refractivity contribution in [3.63, 3.8) is 0 Å². The highest BCUT2D eigenvalue weighted by atomic mass is 35.5. The van der Waals surface area contributed by atoms with Gasteiger partial charge in [0.05, 0.1) is 10.4 Å². The lowest BCUT2D eigenvalue weighted by atomic mass is 9.72. The van der Waals surface area contributed by atoms with Gasteiger partial charge in [-0.3, -0.25) is 4.90 Å². The second-order valence-corrected chi connectivity index (χ2v) is 7.30. The molecule has 1 aromatic carbocycles. The highest BCUT2D eigenvalue weighted by Gasteiger charge is 2.47. The molecule has 1 aromatic heterocycles. The van der Waals surface area contributed by atoms with Gasteiger partial charge in [0.15, 0.2) is 11.4 Å². The van der Waals surface area contributed by atoms with Gasteiger partial charge < -0.3 is 9.84 Å². The minimum absolute atomic E-state index is 0.0530. The summed E-state index contributed by atoms with van der Waals surface area (Å²) in [5.41, 5.74) is 0.560. The second kappa shape index (κ2) is 4.83. The molecule has 22 heavy (non-hydrogen) atoms. The van der Waals surface area contributed by atoms with Crippen LogP contribution in [0.4, 0.5) is 10.2 Å². The molecule has 2 aromatic rings. The van der Waals surface area contributed by atoms with Gasteiger partial charge >= 0.3 is 0 Å². The van der Waals surface area contributed by atoms with E-state index in [0.29, 0.717) is 22.7 Å². The number of rotatable bonds is 2. The van der Waals surface area contributed by atoms with Crippen LogP contribution >= 0.6 is 11.6 Å². The summed E-state index contributed by atoms with van der Waals surface area (Å²) in [5.74, 6) is 0.773. The Labute approximate surface area is 133 Å². The van der Waals surface area contributed by atoms with Crippen LogP contribution in [0, 0.1) is 11.7 Å². The average Bonchev–Trinajstić information content (AvgIpc) is 2.86. The van der Waals surface area contributed by atoms with Crippen molar-refractivity contribution in [1.82, 2.24) is 10.1 Å². The van der Waals surface area contributed by atoms with Crippen molar-refractivity contribution in [2.24, 2.45) is 5.92 Å². The van der Waals surface area contributed by atoms with E-state index >= 15 is 0 Å². The van der Waals surface area contributed by atoms with Crippen LogP contribution in [0.25, 0.3) is 11.0 Å². The quantitative estimate of drug-likeness (QED) is 0.910. The smallest absolute Gasteiger partial charge is 0.177 e. The number of piperidine rings is 3. The molecule has 0 radical (unpaired) electrons. The molecule has 3 fully saturated rings. The molecule has 0 aliphatic carbocycles. The Balaban J connectivity index is 1.70. The number of benzene rings is 1. The monoisotopic (exact) mass is 323 g/mol. The Hall–Kier alpha value is -1.33. The Kier molecular flexibility index (Phi) is 3.13. The summed E-state index contributed by atoms with van der Waals surface area (Å²) in [6, 6.07) is 3.15. The van der Waals surface area contributed by atoms with Gasteiger partial charge in [-0.2, -0.15) is 0 Å². The van der Waals surface area contributed by atoms with E-state index < -0.39 is 5.82 Å². The van der Waals surface area contributed by atoms with Crippen LogP contribution in [-0.4, -0.2) is 34.7 Å². The first-order valence-electron chi connectivity index (χ1n) is 7.73. The maximum atomic E-state index is 13.7. The van der Waals surface area contributed by atoms with Gasteiger partial charge in [0.25, 0.3) is 0 Å². The molecule has 1 atom stereocenters. The molecule has 2 bridgehead atoms. The molecular weight excluding hydrogens is 305 g/mol. The molecule has 5 rings (SSSR count). The Morgan fingerprint density at radius 1 is 1.36 bits per heavy atom. The van der Waals surface area contributed by atoms with Gasteiger partial charge in [-0.15, -0.1) is 0 Å². The molecule has 4 nitrogen and oxygen atoms in total. The third-order valence-electron chi connectivity index (χ3n) is 5.39. The number of hydrogen-bond acceptors (Lipinski definition) is 4. The summed E-state index contributed by atoms with van der Waals surface area (Å²) in [4.78, 5) is 2.52.